The first kappa shape index (κ1) is 14.1. The first-order valence-electron chi connectivity index (χ1n) is 7.07. The molecule has 110 valence electrons. The number of aryl methyl sites for hydroxylation is 2. The number of carbonyl (C=O) groups excluding carboxylic acids is 1. The Bertz CT molecular complexity index is 640. The molecule has 0 bridgehead atoms. The van der Waals surface area contributed by atoms with E-state index in [9.17, 15) is 4.79 Å². The highest BCUT2D eigenvalue weighted by Crippen LogP contribution is 2.36. The van der Waals surface area contributed by atoms with Gasteiger partial charge in [0.05, 0.1) is 0 Å². The topological polar surface area (TPSA) is 59.8 Å². The van der Waals surface area contributed by atoms with Gasteiger partial charge in [0, 0.05) is 13.1 Å². The Balaban J connectivity index is 1.60. The van der Waals surface area contributed by atoms with E-state index in [1.807, 2.05) is 23.6 Å². The number of hydrogen-bond donors (Lipinski definition) is 1. The van der Waals surface area contributed by atoms with Crippen LogP contribution in [-0.2, 0) is 17.8 Å². The monoisotopic (exact) mass is 302 g/mol. The van der Waals surface area contributed by atoms with E-state index in [2.05, 4.69) is 27.6 Å². The third-order valence-electron chi connectivity index (χ3n) is 3.69. The van der Waals surface area contributed by atoms with Gasteiger partial charge >= 0.3 is 0 Å². The van der Waals surface area contributed by atoms with E-state index in [4.69, 9.17) is 0 Å². The lowest BCUT2D eigenvalue weighted by atomic mass is 10.0. The molecule has 0 aliphatic carbocycles. The van der Waals surface area contributed by atoms with Crippen LogP contribution in [0.3, 0.4) is 0 Å². The van der Waals surface area contributed by atoms with Crippen molar-refractivity contribution in [2.24, 2.45) is 0 Å². The summed E-state index contributed by atoms with van der Waals surface area (Å²) in [6.07, 6.45) is 2.73. The van der Waals surface area contributed by atoms with Crippen LogP contribution in [0.15, 0.2) is 30.6 Å². The van der Waals surface area contributed by atoms with Crippen LogP contribution in [0.4, 0.5) is 0 Å². The lowest BCUT2D eigenvalue weighted by molar-refractivity contribution is -0.120. The number of nitrogens with one attached hydrogen (secondary N) is 1. The van der Waals surface area contributed by atoms with Crippen molar-refractivity contribution >= 4 is 17.7 Å². The molecule has 1 atom stereocenters. The Labute approximate surface area is 128 Å². The summed E-state index contributed by atoms with van der Waals surface area (Å²) in [5.41, 5.74) is 2.46. The van der Waals surface area contributed by atoms with Crippen molar-refractivity contribution in [1.29, 1.82) is 0 Å². The zero-order valence-electron chi connectivity index (χ0n) is 12.0. The molecule has 2 aromatic rings. The molecule has 2 heterocycles. The van der Waals surface area contributed by atoms with Crippen molar-refractivity contribution in [3.8, 4) is 0 Å². The second-order valence-corrected chi connectivity index (χ2v) is 6.28. The molecular formula is C15H18N4OS. The first-order valence-corrected chi connectivity index (χ1v) is 8.12. The first-order chi connectivity index (χ1) is 10.3. The molecule has 0 saturated carbocycles. The molecule has 1 aliphatic heterocycles. The molecular weight excluding hydrogens is 284 g/mol. The van der Waals surface area contributed by atoms with Crippen LogP contribution in [0.1, 0.15) is 22.2 Å². The zero-order chi connectivity index (χ0) is 14.7. The third-order valence-corrected chi connectivity index (χ3v) is 4.93. The maximum Gasteiger partial charge on any atom is 0.237 e. The highest BCUT2D eigenvalue weighted by Gasteiger charge is 2.26. The second-order valence-electron chi connectivity index (χ2n) is 5.06. The SMILES string of the molecule is Cc1nncn1CCNC(=O)[C@H]1SCCc2ccccc21. The highest BCUT2D eigenvalue weighted by molar-refractivity contribution is 8.00. The molecule has 1 amide bonds. The van der Waals surface area contributed by atoms with Gasteiger partial charge in [-0.25, -0.2) is 0 Å². The van der Waals surface area contributed by atoms with E-state index >= 15 is 0 Å². The average Bonchev–Trinajstić information content (AvgIpc) is 2.92. The minimum Gasteiger partial charge on any atom is -0.353 e. The summed E-state index contributed by atoms with van der Waals surface area (Å²) >= 11 is 1.72. The van der Waals surface area contributed by atoms with E-state index < -0.39 is 0 Å². The van der Waals surface area contributed by atoms with E-state index in [1.54, 1.807) is 18.1 Å². The minimum absolute atomic E-state index is 0.0861. The molecule has 21 heavy (non-hydrogen) atoms. The fraction of sp³-hybridized carbons (Fsp3) is 0.400. The van der Waals surface area contributed by atoms with Gasteiger partial charge in [0.1, 0.15) is 17.4 Å². The molecule has 0 saturated heterocycles. The molecule has 5 nitrogen and oxygen atoms in total. The Morgan fingerprint density at radius 1 is 1.48 bits per heavy atom. The molecule has 1 N–H and O–H groups in total. The van der Waals surface area contributed by atoms with Crippen molar-refractivity contribution in [3.05, 3.63) is 47.5 Å². The predicted octanol–water partition coefficient (Wildman–Crippen LogP) is 1.73. The van der Waals surface area contributed by atoms with Crippen LogP contribution in [0.5, 0.6) is 0 Å². The summed E-state index contributed by atoms with van der Waals surface area (Å²) < 4.78 is 1.93. The summed E-state index contributed by atoms with van der Waals surface area (Å²) in [4.78, 5) is 12.4. The average molecular weight is 302 g/mol. The van der Waals surface area contributed by atoms with E-state index in [0.29, 0.717) is 13.1 Å². The van der Waals surface area contributed by atoms with Crippen molar-refractivity contribution < 1.29 is 4.79 Å². The van der Waals surface area contributed by atoms with Crippen molar-refractivity contribution in [2.75, 3.05) is 12.3 Å². The summed E-state index contributed by atoms with van der Waals surface area (Å²) in [5, 5.41) is 10.7. The molecule has 6 heteroatoms. The standard InChI is InChI=1S/C15H18N4OS/c1-11-18-17-10-19(11)8-7-16-15(20)14-13-5-3-2-4-12(13)6-9-21-14/h2-5,10,14H,6-9H2,1H3,(H,16,20)/t14-/m0/s1. The Kier molecular flexibility index (Phi) is 4.24. The van der Waals surface area contributed by atoms with Crippen LogP contribution in [0, 0.1) is 6.92 Å². The van der Waals surface area contributed by atoms with Gasteiger partial charge in [0.2, 0.25) is 5.91 Å². The van der Waals surface area contributed by atoms with Gasteiger partial charge in [-0.2, -0.15) is 0 Å². The van der Waals surface area contributed by atoms with Gasteiger partial charge in [0.25, 0.3) is 0 Å². The number of nitrogens with zero attached hydrogens (tertiary/aromatic N) is 3. The van der Waals surface area contributed by atoms with Crippen molar-refractivity contribution in [2.45, 2.75) is 25.1 Å². The molecule has 1 aromatic heterocycles. The maximum absolute atomic E-state index is 12.4. The molecule has 1 aliphatic rings. The molecule has 0 fully saturated rings. The lowest BCUT2D eigenvalue weighted by Crippen LogP contribution is -2.32. The van der Waals surface area contributed by atoms with Gasteiger partial charge in [-0.05, 0) is 30.2 Å². The van der Waals surface area contributed by atoms with Crippen molar-refractivity contribution in [1.82, 2.24) is 20.1 Å². The highest BCUT2D eigenvalue weighted by atomic mass is 32.2. The Hall–Kier alpha value is -1.82. The predicted molar refractivity (Wildman–Crippen MR) is 83.1 cm³/mol. The molecule has 0 unspecified atom stereocenters. The van der Waals surface area contributed by atoms with Crippen LogP contribution < -0.4 is 5.32 Å². The fourth-order valence-corrected chi connectivity index (χ4v) is 3.75. The smallest absolute Gasteiger partial charge is 0.237 e. The summed E-state index contributed by atoms with van der Waals surface area (Å²) in [5.74, 6) is 1.96. The molecule has 1 aromatic carbocycles. The summed E-state index contributed by atoms with van der Waals surface area (Å²) in [7, 11) is 0. The number of thioether (sulfide) groups is 1. The van der Waals surface area contributed by atoms with Crippen LogP contribution in [0.25, 0.3) is 0 Å². The Morgan fingerprint density at radius 3 is 3.14 bits per heavy atom. The quantitative estimate of drug-likeness (QED) is 0.934. The third kappa shape index (κ3) is 3.10. The van der Waals surface area contributed by atoms with Gasteiger partial charge in [-0.1, -0.05) is 24.3 Å². The number of aromatic nitrogens is 3. The van der Waals surface area contributed by atoms with Crippen LogP contribution >= 0.6 is 11.8 Å². The number of benzene rings is 1. The number of carbonyl (C=O) groups is 1. The van der Waals surface area contributed by atoms with Crippen LogP contribution in [-0.4, -0.2) is 33.0 Å². The zero-order valence-corrected chi connectivity index (χ0v) is 12.8. The van der Waals surface area contributed by atoms with Crippen LogP contribution in [0.2, 0.25) is 0 Å². The molecule has 0 radical (unpaired) electrons. The number of rotatable bonds is 4. The normalized spacial score (nSPS) is 17.3. The van der Waals surface area contributed by atoms with Crippen molar-refractivity contribution in [3.63, 3.8) is 0 Å². The molecule has 0 spiro atoms. The number of hydrogen-bond acceptors (Lipinski definition) is 4. The lowest BCUT2D eigenvalue weighted by Gasteiger charge is -2.24. The number of fused-ring (bicyclic) bond motifs is 1. The van der Waals surface area contributed by atoms with Gasteiger partial charge in [0.15, 0.2) is 0 Å². The van der Waals surface area contributed by atoms with E-state index in [0.717, 1.165) is 23.6 Å². The largest absolute Gasteiger partial charge is 0.353 e. The molecule has 3 rings (SSSR count). The Morgan fingerprint density at radius 2 is 2.33 bits per heavy atom. The van der Waals surface area contributed by atoms with Gasteiger partial charge in [-0.15, -0.1) is 22.0 Å². The summed E-state index contributed by atoms with van der Waals surface area (Å²) in [6, 6.07) is 8.23. The maximum atomic E-state index is 12.4. The van der Waals surface area contributed by atoms with E-state index in [1.165, 1.54) is 5.56 Å². The van der Waals surface area contributed by atoms with Gasteiger partial charge < -0.3 is 9.88 Å². The second kappa shape index (κ2) is 6.30. The fourth-order valence-electron chi connectivity index (χ4n) is 2.54. The number of amides is 1. The summed E-state index contributed by atoms with van der Waals surface area (Å²) in [6.45, 7) is 3.20. The minimum atomic E-state index is -0.0861. The van der Waals surface area contributed by atoms with Gasteiger partial charge in [-0.3, -0.25) is 4.79 Å². The van der Waals surface area contributed by atoms with E-state index in [-0.39, 0.29) is 11.2 Å².